The molecule has 0 radical (unpaired) electrons. The molecule has 0 aliphatic rings. The summed E-state index contributed by atoms with van der Waals surface area (Å²) in [4.78, 5) is 0. The summed E-state index contributed by atoms with van der Waals surface area (Å²) in [6.45, 7) is 8.32. The quantitative estimate of drug-likeness (QED) is 0.595. The van der Waals surface area contributed by atoms with Crippen LogP contribution in [0.2, 0.25) is 10.0 Å². The van der Waals surface area contributed by atoms with Crippen molar-refractivity contribution >= 4 is 39.1 Å². The largest absolute Gasteiger partial charge is 0.487 e. The zero-order valence-electron chi connectivity index (χ0n) is 12.2. The lowest BCUT2D eigenvalue weighted by Gasteiger charge is -2.21. The summed E-state index contributed by atoms with van der Waals surface area (Å²) >= 11 is 15.6. The topological polar surface area (TPSA) is 21.3 Å². The zero-order chi connectivity index (χ0) is 15.1. The van der Waals surface area contributed by atoms with E-state index in [1.807, 2.05) is 0 Å². The third kappa shape index (κ3) is 6.21. The highest BCUT2D eigenvalue weighted by Gasteiger charge is 2.13. The second-order valence-corrected chi connectivity index (χ2v) is 6.95. The van der Waals surface area contributed by atoms with Gasteiger partial charge in [-0.3, -0.25) is 0 Å². The molecule has 1 aromatic carbocycles. The first-order valence-corrected chi connectivity index (χ1v) is 8.50. The first kappa shape index (κ1) is 18.1. The molecule has 2 nitrogen and oxygen atoms in total. The molecule has 114 valence electrons. The van der Waals surface area contributed by atoms with Crippen molar-refractivity contribution in [3.8, 4) is 5.75 Å². The van der Waals surface area contributed by atoms with Gasteiger partial charge in [-0.1, -0.05) is 50.4 Å². The van der Waals surface area contributed by atoms with Gasteiger partial charge in [0.25, 0.3) is 0 Å². The molecule has 0 aliphatic heterocycles. The van der Waals surface area contributed by atoms with Gasteiger partial charge in [0.05, 0.1) is 10.0 Å². The third-order valence-electron chi connectivity index (χ3n) is 2.80. The summed E-state index contributed by atoms with van der Waals surface area (Å²) in [6, 6.07) is 3.53. The lowest BCUT2D eigenvalue weighted by atomic mass is 10.2. The van der Waals surface area contributed by atoms with E-state index in [0.29, 0.717) is 21.7 Å². The van der Waals surface area contributed by atoms with Gasteiger partial charge >= 0.3 is 0 Å². The molecule has 0 spiro atoms. The molecule has 0 bridgehead atoms. The summed E-state index contributed by atoms with van der Waals surface area (Å²) in [7, 11) is 0. The molecular weight excluding hydrogens is 361 g/mol. The van der Waals surface area contributed by atoms with Crippen LogP contribution >= 0.6 is 39.1 Å². The zero-order valence-corrected chi connectivity index (χ0v) is 15.3. The second kappa shape index (κ2) is 9.14. The van der Waals surface area contributed by atoms with Gasteiger partial charge in [0.15, 0.2) is 0 Å². The van der Waals surface area contributed by atoms with Crippen LogP contribution in [0.4, 0.5) is 0 Å². The van der Waals surface area contributed by atoms with Crippen LogP contribution in [-0.2, 0) is 0 Å². The van der Waals surface area contributed by atoms with E-state index in [1.54, 1.807) is 12.1 Å². The van der Waals surface area contributed by atoms with Gasteiger partial charge in [-0.25, -0.2) is 0 Å². The molecule has 20 heavy (non-hydrogen) atoms. The summed E-state index contributed by atoms with van der Waals surface area (Å²) in [5, 5.41) is 4.61. The van der Waals surface area contributed by atoms with E-state index < -0.39 is 0 Å². The molecule has 0 aromatic heterocycles. The van der Waals surface area contributed by atoms with Crippen LogP contribution < -0.4 is 10.1 Å². The summed E-state index contributed by atoms with van der Waals surface area (Å²) in [6.07, 6.45) is 2.15. The van der Waals surface area contributed by atoms with Crippen LogP contribution in [0.15, 0.2) is 16.6 Å². The average molecular weight is 383 g/mol. The first-order chi connectivity index (χ1) is 9.43. The minimum atomic E-state index is 0.105. The van der Waals surface area contributed by atoms with Crippen molar-refractivity contribution in [2.45, 2.75) is 39.7 Å². The van der Waals surface area contributed by atoms with Crippen molar-refractivity contribution < 1.29 is 4.74 Å². The minimum absolute atomic E-state index is 0.105. The molecule has 0 fully saturated rings. The Hall–Kier alpha value is 0.0400. The fourth-order valence-corrected chi connectivity index (χ4v) is 2.67. The Bertz CT molecular complexity index is 427. The average Bonchev–Trinajstić information content (AvgIpc) is 2.35. The summed E-state index contributed by atoms with van der Waals surface area (Å²) < 4.78 is 6.78. The van der Waals surface area contributed by atoms with Gasteiger partial charge in [0.1, 0.15) is 11.9 Å². The van der Waals surface area contributed by atoms with Gasteiger partial charge in [0.2, 0.25) is 0 Å². The van der Waals surface area contributed by atoms with Crippen molar-refractivity contribution in [2.24, 2.45) is 5.92 Å². The molecule has 1 unspecified atom stereocenters. The predicted molar refractivity (Wildman–Crippen MR) is 91.2 cm³/mol. The fourth-order valence-electron chi connectivity index (χ4n) is 1.83. The SMILES string of the molecule is CCCC(CNCC(C)C)Oc1cc(Cl)c(Br)cc1Cl. The number of nitrogens with one attached hydrogen (secondary N) is 1. The maximum Gasteiger partial charge on any atom is 0.139 e. The monoisotopic (exact) mass is 381 g/mol. The Balaban J connectivity index is 2.67. The Morgan fingerprint density at radius 3 is 2.50 bits per heavy atom. The number of halogens is 3. The number of hydrogen-bond acceptors (Lipinski definition) is 2. The van der Waals surface area contributed by atoms with E-state index >= 15 is 0 Å². The van der Waals surface area contributed by atoms with Gasteiger partial charge in [-0.05, 0) is 40.9 Å². The molecule has 0 saturated carbocycles. The normalized spacial score (nSPS) is 12.8. The van der Waals surface area contributed by atoms with Gasteiger partial charge in [-0.2, -0.15) is 0 Å². The Morgan fingerprint density at radius 2 is 1.90 bits per heavy atom. The van der Waals surface area contributed by atoms with Gasteiger partial charge in [-0.15, -0.1) is 0 Å². The molecule has 5 heteroatoms. The number of benzene rings is 1. The highest BCUT2D eigenvalue weighted by Crippen LogP contribution is 2.34. The minimum Gasteiger partial charge on any atom is -0.487 e. The molecule has 0 amide bonds. The second-order valence-electron chi connectivity index (χ2n) is 5.28. The van der Waals surface area contributed by atoms with E-state index in [-0.39, 0.29) is 6.10 Å². The predicted octanol–water partition coefficient (Wildman–Crippen LogP) is 5.55. The number of rotatable bonds is 8. The lowest BCUT2D eigenvalue weighted by molar-refractivity contribution is 0.185. The smallest absolute Gasteiger partial charge is 0.139 e. The van der Waals surface area contributed by atoms with Crippen molar-refractivity contribution in [2.75, 3.05) is 13.1 Å². The van der Waals surface area contributed by atoms with Crippen LogP contribution in [0.1, 0.15) is 33.6 Å². The number of ether oxygens (including phenoxy) is 1. The van der Waals surface area contributed by atoms with Crippen molar-refractivity contribution in [1.82, 2.24) is 5.32 Å². The van der Waals surface area contributed by atoms with Crippen molar-refractivity contribution in [1.29, 1.82) is 0 Å². The van der Waals surface area contributed by atoms with Crippen LogP contribution in [0.3, 0.4) is 0 Å². The van der Waals surface area contributed by atoms with E-state index in [4.69, 9.17) is 27.9 Å². The van der Waals surface area contributed by atoms with Crippen LogP contribution in [-0.4, -0.2) is 19.2 Å². The molecule has 0 saturated heterocycles. The third-order valence-corrected chi connectivity index (χ3v) is 4.30. The van der Waals surface area contributed by atoms with Crippen molar-refractivity contribution in [3.05, 3.63) is 26.7 Å². The highest BCUT2D eigenvalue weighted by atomic mass is 79.9. The summed E-state index contributed by atoms with van der Waals surface area (Å²) in [5.41, 5.74) is 0. The Kier molecular flexibility index (Phi) is 8.27. The molecule has 0 aliphatic carbocycles. The van der Waals surface area contributed by atoms with Gasteiger partial charge in [0, 0.05) is 17.1 Å². The standard InChI is InChI=1S/C15H22BrCl2NO/c1-4-5-11(9-19-8-10(2)3)20-15-7-13(17)12(16)6-14(15)18/h6-7,10-11,19H,4-5,8-9H2,1-3H3. The van der Waals surface area contributed by atoms with E-state index in [1.165, 1.54) is 0 Å². The highest BCUT2D eigenvalue weighted by molar-refractivity contribution is 9.10. The van der Waals surface area contributed by atoms with Crippen LogP contribution in [0, 0.1) is 5.92 Å². The van der Waals surface area contributed by atoms with Crippen LogP contribution in [0.5, 0.6) is 5.75 Å². The molecule has 1 rings (SSSR count). The first-order valence-electron chi connectivity index (χ1n) is 6.96. The Morgan fingerprint density at radius 1 is 1.20 bits per heavy atom. The molecular formula is C15H22BrCl2NO. The maximum atomic E-state index is 6.20. The molecule has 1 aromatic rings. The Labute approximate surface area is 140 Å². The number of hydrogen-bond donors (Lipinski definition) is 1. The van der Waals surface area contributed by atoms with E-state index in [9.17, 15) is 0 Å². The molecule has 1 atom stereocenters. The van der Waals surface area contributed by atoms with E-state index in [0.717, 1.165) is 30.4 Å². The van der Waals surface area contributed by atoms with E-state index in [2.05, 4.69) is 42.0 Å². The summed E-state index contributed by atoms with van der Waals surface area (Å²) in [5.74, 6) is 1.27. The van der Waals surface area contributed by atoms with Gasteiger partial charge < -0.3 is 10.1 Å². The lowest BCUT2D eigenvalue weighted by Crippen LogP contribution is -2.33. The molecule has 1 N–H and O–H groups in total. The molecule has 0 heterocycles. The van der Waals surface area contributed by atoms with Crippen LogP contribution in [0.25, 0.3) is 0 Å². The van der Waals surface area contributed by atoms with Crippen molar-refractivity contribution in [3.63, 3.8) is 0 Å². The maximum absolute atomic E-state index is 6.20. The fraction of sp³-hybridized carbons (Fsp3) is 0.600.